The van der Waals surface area contributed by atoms with Gasteiger partial charge in [0.05, 0.1) is 17.6 Å². The van der Waals surface area contributed by atoms with Crippen molar-refractivity contribution in [1.82, 2.24) is 9.55 Å². The lowest BCUT2D eigenvalue weighted by molar-refractivity contribution is 0.0695. The molecule has 18 heavy (non-hydrogen) atoms. The summed E-state index contributed by atoms with van der Waals surface area (Å²) in [6, 6.07) is 1.57. The zero-order valence-electron chi connectivity index (χ0n) is 9.74. The summed E-state index contributed by atoms with van der Waals surface area (Å²) in [7, 11) is 0. The van der Waals surface area contributed by atoms with Crippen molar-refractivity contribution in [1.29, 1.82) is 0 Å². The van der Waals surface area contributed by atoms with Crippen LogP contribution in [-0.2, 0) is 0 Å². The van der Waals surface area contributed by atoms with Gasteiger partial charge in [-0.2, -0.15) is 0 Å². The fraction of sp³-hybridized carbons (Fsp3) is 0.167. The zero-order chi connectivity index (χ0) is 13.4. The van der Waals surface area contributed by atoms with Gasteiger partial charge in [-0.25, -0.2) is 18.6 Å². The molecular formula is C12H10F2N2O2. The number of hydrogen-bond donors (Lipinski definition) is 1. The van der Waals surface area contributed by atoms with Crippen LogP contribution < -0.4 is 0 Å². The lowest BCUT2D eigenvalue weighted by atomic mass is 10.2. The summed E-state index contributed by atoms with van der Waals surface area (Å²) in [6.07, 6.45) is 1.30. The first-order valence-corrected chi connectivity index (χ1v) is 5.15. The molecule has 1 heterocycles. The average molecular weight is 252 g/mol. The number of imidazole rings is 1. The number of nitrogens with zero attached hydrogens (tertiary/aromatic N) is 2. The van der Waals surface area contributed by atoms with Crippen LogP contribution in [-0.4, -0.2) is 20.6 Å². The quantitative estimate of drug-likeness (QED) is 0.893. The topological polar surface area (TPSA) is 55.1 Å². The SMILES string of the molecule is Cc1ncn(-c2c(F)cc(C(=O)O)cc2F)c1C. The molecule has 0 unspecified atom stereocenters. The fourth-order valence-corrected chi connectivity index (χ4v) is 1.64. The van der Waals surface area contributed by atoms with Gasteiger partial charge in [-0.3, -0.25) is 4.57 Å². The lowest BCUT2D eigenvalue weighted by Gasteiger charge is -2.09. The molecule has 0 atom stereocenters. The Balaban J connectivity index is 2.66. The maximum absolute atomic E-state index is 13.8. The largest absolute Gasteiger partial charge is 0.478 e. The molecule has 0 spiro atoms. The maximum atomic E-state index is 13.8. The van der Waals surface area contributed by atoms with Crippen molar-refractivity contribution in [3.8, 4) is 5.69 Å². The molecule has 0 saturated carbocycles. The van der Waals surface area contributed by atoms with E-state index in [-0.39, 0.29) is 5.69 Å². The second-order valence-electron chi connectivity index (χ2n) is 3.88. The van der Waals surface area contributed by atoms with Crippen molar-refractivity contribution in [3.63, 3.8) is 0 Å². The van der Waals surface area contributed by atoms with E-state index in [9.17, 15) is 13.6 Å². The molecule has 4 nitrogen and oxygen atoms in total. The number of rotatable bonds is 2. The third-order valence-electron chi connectivity index (χ3n) is 2.76. The van der Waals surface area contributed by atoms with E-state index < -0.39 is 23.2 Å². The van der Waals surface area contributed by atoms with Gasteiger partial charge in [0.25, 0.3) is 0 Å². The number of hydrogen-bond acceptors (Lipinski definition) is 2. The molecule has 1 aromatic carbocycles. The van der Waals surface area contributed by atoms with Crippen LogP contribution in [0.1, 0.15) is 21.7 Å². The number of carboxylic acids is 1. The van der Waals surface area contributed by atoms with Crippen molar-refractivity contribution < 1.29 is 18.7 Å². The van der Waals surface area contributed by atoms with Crippen molar-refractivity contribution in [2.45, 2.75) is 13.8 Å². The average Bonchev–Trinajstić information content (AvgIpc) is 2.60. The van der Waals surface area contributed by atoms with Gasteiger partial charge in [0, 0.05) is 5.69 Å². The van der Waals surface area contributed by atoms with Crippen LogP contribution in [0.15, 0.2) is 18.5 Å². The summed E-state index contributed by atoms with van der Waals surface area (Å²) in [5, 5.41) is 8.70. The molecule has 0 aliphatic carbocycles. The Morgan fingerprint density at radius 1 is 1.28 bits per heavy atom. The van der Waals surface area contributed by atoms with Gasteiger partial charge < -0.3 is 5.11 Å². The normalized spacial score (nSPS) is 10.7. The molecule has 0 radical (unpaired) electrons. The second kappa shape index (κ2) is 4.21. The van der Waals surface area contributed by atoms with Crippen LogP contribution in [0.3, 0.4) is 0 Å². The molecule has 2 rings (SSSR count). The predicted molar refractivity (Wildman–Crippen MR) is 59.9 cm³/mol. The summed E-state index contributed by atoms with van der Waals surface area (Å²) in [5.74, 6) is -3.25. The Morgan fingerprint density at radius 3 is 2.22 bits per heavy atom. The summed E-state index contributed by atoms with van der Waals surface area (Å²) in [4.78, 5) is 14.6. The zero-order valence-corrected chi connectivity index (χ0v) is 9.74. The molecule has 0 bridgehead atoms. The number of aromatic carboxylic acids is 1. The molecule has 0 fully saturated rings. The highest BCUT2D eigenvalue weighted by molar-refractivity contribution is 5.87. The van der Waals surface area contributed by atoms with E-state index in [2.05, 4.69) is 4.98 Å². The van der Waals surface area contributed by atoms with Gasteiger partial charge >= 0.3 is 5.97 Å². The second-order valence-corrected chi connectivity index (χ2v) is 3.88. The van der Waals surface area contributed by atoms with Gasteiger partial charge in [-0.05, 0) is 26.0 Å². The summed E-state index contributed by atoms with van der Waals surface area (Å²) in [6.45, 7) is 3.39. The van der Waals surface area contributed by atoms with Crippen LogP contribution in [0.2, 0.25) is 0 Å². The number of carbonyl (C=O) groups is 1. The molecule has 0 amide bonds. The van der Waals surface area contributed by atoms with Crippen LogP contribution in [0, 0.1) is 25.5 Å². The minimum absolute atomic E-state index is 0.321. The Kier molecular flexibility index (Phi) is 2.86. The molecule has 1 N–H and O–H groups in total. The monoisotopic (exact) mass is 252 g/mol. The molecule has 0 aliphatic rings. The summed E-state index contributed by atoms with van der Waals surface area (Å²) in [5.41, 5.74) is 0.494. The van der Waals surface area contributed by atoms with Gasteiger partial charge in [0.2, 0.25) is 0 Å². The molecule has 0 aliphatic heterocycles. The van der Waals surface area contributed by atoms with Gasteiger partial charge in [-0.15, -0.1) is 0 Å². The van der Waals surface area contributed by atoms with E-state index in [4.69, 9.17) is 5.11 Å². The van der Waals surface area contributed by atoms with E-state index in [1.807, 2.05) is 0 Å². The first-order valence-electron chi connectivity index (χ1n) is 5.15. The van der Waals surface area contributed by atoms with E-state index in [1.54, 1.807) is 13.8 Å². The fourth-order valence-electron chi connectivity index (χ4n) is 1.64. The van der Waals surface area contributed by atoms with Crippen molar-refractivity contribution in [2.24, 2.45) is 0 Å². The first-order chi connectivity index (χ1) is 8.41. The van der Waals surface area contributed by atoms with Crippen LogP contribution in [0.25, 0.3) is 5.69 Å². The number of aromatic nitrogens is 2. The Hall–Kier alpha value is -2.24. The number of carboxylic acid groups (broad SMARTS) is 1. The highest BCUT2D eigenvalue weighted by Crippen LogP contribution is 2.22. The third kappa shape index (κ3) is 1.85. The third-order valence-corrected chi connectivity index (χ3v) is 2.76. The van der Waals surface area contributed by atoms with E-state index in [0.29, 0.717) is 11.4 Å². The number of aryl methyl sites for hydroxylation is 1. The standard InChI is InChI=1S/C12H10F2N2O2/c1-6-7(2)16(5-15-6)11-9(13)3-8(12(17)18)4-10(11)14/h3-5H,1-2H3,(H,17,18). The number of halogens is 2. The van der Waals surface area contributed by atoms with Crippen LogP contribution in [0.4, 0.5) is 8.78 Å². The summed E-state index contributed by atoms with van der Waals surface area (Å²) < 4.78 is 28.8. The molecule has 6 heteroatoms. The van der Waals surface area contributed by atoms with E-state index >= 15 is 0 Å². The van der Waals surface area contributed by atoms with Crippen LogP contribution in [0.5, 0.6) is 0 Å². The summed E-state index contributed by atoms with van der Waals surface area (Å²) >= 11 is 0. The number of benzene rings is 1. The molecule has 0 saturated heterocycles. The Bertz CT molecular complexity index is 612. The Labute approximate surface area is 102 Å². The Morgan fingerprint density at radius 2 is 1.83 bits per heavy atom. The van der Waals surface area contributed by atoms with E-state index in [0.717, 1.165) is 12.1 Å². The minimum atomic E-state index is -1.38. The smallest absolute Gasteiger partial charge is 0.335 e. The van der Waals surface area contributed by atoms with E-state index in [1.165, 1.54) is 10.9 Å². The molecule has 94 valence electrons. The molecule has 1 aromatic heterocycles. The highest BCUT2D eigenvalue weighted by Gasteiger charge is 2.17. The maximum Gasteiger partial charge on any atom is 0.335 e. The van der Waals surface area contributed by atoms with Gasteiger partial charge in [-0.1, -0.05) is 0 Å². The molecular weight excluding hydrogens is 242 g/mol. The van der Waals surface area contributed by atoms with Crippen molar-refractivity contribution >= 4 is 5.97 Å². The minimum Gasteiger partial charge on any atom is -0.478 e. The highest BCUT2D eigenvalue weighted by atomic mass is 19.1. The molecule has 2 aromatic rings. The first kappa shape index (κ1) is 12.2. The van der Waals surface area contributed by atoms with Gasteiger partial charge in [0.15, 0.2) is 11.6 Å². The van der Waals surface area contributed by atoms with Crippen molar-refractivity contribution in [3.05, 3.63) is 47.0 Å². The van der Waals surface area contributed by atoms with Crippen molar-refractivity contribution in [2.75, 3.05) is 0 Å². The van der Waals surface area contributed by atoms with Gasteiger partial charge in [0.1, 0.15) is 5.69 Å². The lowest BCUT2D eigenvalue weighted by Crippen LogP contribution is -2.06. The van der Waals surface area contributed by atoms with Crippen LogP contribution >= 0.6 is 0 Å². The predicted octanol–water partition coefficient (Wildman–Crippen LogP) is 2.47.